The van der Waals surface area contributed by atoms with Gasteiger partial charge in [0.2, 0.25) is 0 Å². The number of alkyl halides is 2. The monoisotopic (exact) mass is 637 g/mol. The Hall–Kier alpha value is -3.18. The molecule has 0 radical (unpaired) electrons. The first-order valence-electron chi connectivity index (χ1n) is 16.1. The summed E-state index contributed by atoms with van der Waals surface area (Å²) in [5.41, 5.74) is 2.08. The van der Waals surface area contributed by atoms with Crippen molar-refractivity contribution >= 4 is 17.3 Å². The molecule has 246 valence electrons. The molecule has 6 aliphatic rings. The lowest BCUT2D eigenvalue weighted by atomic mass is 9.44. The predicted octanol–water partition coefficient (Wildman–Crippen LogP) is 4.29. The van der Waals surface area contributed by atoms with Gasteiger partial charge in [-0.3, -0.25) is 9.59 Å². The Morgan fingerprint density at radius 1 is 1.20 bits per heavy atom. The quantitative estimate of drug-likeness (QED) is 0.395. The number of rotatable bonds is 6. The van der Waals surface area contributed by atoms with Crippen molar-refractivity contribution in [1.29, 1.82) is 0 Å². The number of methoxy groups -OCH3 is 1. The van der Waals surface area contributed by atoms with Crippen LogP contribution in [0, 0.1) is 28.6 Å². The molecule has 10 heteroatoms. The molecular weight excluding hydrogens is 596 g/mol. The molecule has 1 aliphatic heterocycles. The molecule has 1 unspecified atom stereocenters. The summed E-state index contributed by atoms with van der Waals surface area (Å²) in [5.74, 6) is -2.18. The summed E-state index contributed by atoms with van der Waals surface area (Å²) in [4.78, 5) is 25.9. The van der Waals surface area contributed by atoms with Gasteiger partial charge in [-0.25, -0.2) is 8.78 Å². The molecule has 1 aromatic rings. The average Bonchev–Trinajstić information content (AvgIpc) is 3.54. The lowest BCUT2D eigenvalue weighted by molar-refractivity contribution is -0.237. The van der Waals surface area contributed by atoms with Crippen molar-refractivity contribution in [3.63, 3.8) is 0 Å². The zero-order chi connectivity index (χ0) is 32.8. The number of Topliss-reactive ketones (excluding diaryl/α,β-unsaturated/α-hetero) is 1. The molecule has 0 amide bonds. The number of nitrogens with two attached hydrogens (primary N) is 1. The second kappa shape index (κ2) is 10.7. The number of carbonyl (C=O) groups excluding carboxylic acids is 2. The van der Waals surface area contributed by atoms with E-state index in [9.17, 15) is 19.8 Å². The highest BCUT2D eigenvalue weighted by Gasteiger charge is 2.80. The number of aliphatic hydroxyl groups is 2. The average molecular weight is 638 g/mol. The minimum Gasteiger partial charge on any atom is -0.495 e. The van der Waals surface area contributed by atoms with Gasteiger partial charge in [0, 0.05) is 22.7 Å². The topological polar surface area (TPSA) is 128 Å². The zero-order valence-corrected chi connectivity index (χ0v) is 26.2. The van der Waals surface area contributed by atoms with Gasteiger partial charge < -0.3 is 30.2 Å². The third-order valence-corrected chi connectivity index (χ3v) is 12.2. The van der Waals surface area contributed by atoms with Crippen molar-refractivity contribution in [1.82, 2.24) is 0 Å². The van der Waals surface area contributed by atoms with E-state index in [1.165, 1.54) is 12.2 Å². The number of aliphatic hydroxyl groups excluding tert-OH is 2. The van der Waals surface area contributed by atoms with E-state index >= 15 is 8.78 Å². The van der Waals surface area contributed by atoms with Gasteiger partial charge in [0.05, 0.1) is 25.0 Å². The number of carbonyl (C=O) groups is 2. The number of benzene rings is 1. The third kappa shape index (κ3) is 4.09. The summed E-state index contributed by atoms with van der Waals surface area (Å²) in [7, 11) is 1.58. The van der Waals surface area contributed by atoms with E-state index in [1.807, 2.05) is 30.4 Å². The second-order valence-electron chi connectivity index (χ2n) is 14.3. The molecular formula is C36H41F2NO7. The van der Waals surface area contributed by atoms with Crippen molar-refractivity contribution in [2.45, 2.75) is 81.9 Å². The molecule has 46 heavy (non-hydrogen) atoms. The Bertz CT molecular complexity index is 1600. The highest BCUT2D eigenvalue weighted by molar-refractivity contribution is 6.01. The van der Waals surface area contributed by atoms with E-state index in [0.29, 0.717) is 24.3 Å². The molecule has 4 fully saturated rings. The molecule has 1 heterocycles. The molecule has 0 bridgehead atoms. The molecule has 7 rings (SSSR count). The molecule has 11 atom stereocenters. The Balaban J connectivity index is 1.15. The fourth-order valence-electron chi connectivity index (χ4n) is 9.90. The molecule has 8 nitrogen and oxygen atoms in total. The number of ether oxygens (including phenoxy) is 3. The van der Waals surface area contributed by atoms with Crippen molar-refractivity contribution in [2.24, 2.45) is 28.6 Å². The second-order valence-corrected chi connectivity index (χ2v) is 14.3. The maximum atomic E-state index is 17.6. The SMILES string of the molecule is COc1cc(CC2=CCC([C@H]3O[C@@H]4C[C@H]5[C@@H]6C[C@H](F)C7=CC(=O)C=C[C@]7(C)[C@@]6(F)[C@@H](O)C[C@]5(C)[C@]4(C(=O)CO)O3)C=C2)ccc1N. The summed E-state index contributed by atoms with van der Waals surface area (Å²) in [6.45, 7) is 2.52. The Labute approximate surface area is 267 Å². The summed E-state index contributed by atoms with van der Waals surface area (Å²) < 4.78 is 51.9. The van der Waals surface area contributed by atoms with Crippen LogP contribution in [0.3, 0.4) is 0 Å². The van der Waals surface area contributed by atoms with Crippen LogP contribution in [-0.4, -0.2) is 71.4 Å². The van der Waals surface area contributed by atoms with Gasteiger partial charge in [-0.1, -0.05) is 37.3 Å². The smallest absolute Gasteiger partial charge is 0.193 e. The van der Waals surface area contributed by atoms with Crippen LogP contribution >= 0.6 is 0 Å². The van der Waals surface area contributed by atoms with Gasteiger partial charge in [-0.05, 0) is 85.9 Å². The van der Waals surface area contributed by atoms with Gasteiger partial charge >= 0.3 is 0 Å². The Kier molecular flexibility index (Phi) is 7.29. The number of anilines is 1. The summed E-state index contributed by atoms with van der Waals surface area (Å²) >= 11 is 0. The fourth-order valence-corrected chi connectivity index (χ4v) is 9.90. The fraction of sp³-hybridized carbons (Fsp3) is 0.556. The number of hydrogen-bond donors (Lipinski definition) is 3. The highest BCUT2D eigenvalue weighted by atomic mass is 19.1. The third-order valence-electron chi connectivity index (χ3n) is 12.2. The van der Waals surface area contributed by atoms with Crippen LogP contribution < -0.4 is 10.5 Å². The first-order valence-corrected chi connectivity index (χ1v) is 16.1. The number of fused-ring (bicyclic) bond motifs is 7. The lowest BCUT2D eigenvalue weighted by Gasteiger charge is -2.63. The van der Waals surface area contributed by atoms with Gasteiger partial charge in [0.1, 0.15) is 18.5 Å². The highest BCUT2D eigenvalue weighted by Crippen LogP contribution is 2.72. The van der Waals surface area contributed by atoms with Crippen LogP contribution in [0.4, 0.5) is 14.5 Å². The van der Waals surface area contributed by atoms with Crippen molar-refractivity contribution < 1.29 is 42.8 Å². The predicted molar refractivity (Wildman–Crippen MR) is 165 cm³/mol. The van der Waals surface area contributed by atoms with E-state index < -0.39 is 76.8 Å². The Morgan fingerprint density at radius 2 is 1.98 bits per heavy atom. The van der Waals surface area contributed by atoms with Crippen molar-refractivity contribution in [3.05, 3.63) is 71.4 Å². The normalized spacial score (nSPS) is 44.1. The van der Waals surface area contributed by atoms with Crippen LogP contribution in [0.15, 0.2) is 65.8 Å². The van der Waals surface area contributed by atoms with E-state index in [4.69, 9.17) is 19.9 Å². The number of halogens is 2. The van der Waals surface area contributed by atoms with Gasteiger partial charge in [0.15, 0.2) is 29.1 Å². The first-order chi connectivity index (χ1) is 21.8. The largest absolute Gasteiger partial charge is 0.495 e. The van der Waals surface area contributed by atoms with Crippen LogP contribution in [0.25, 0.3) is 0 Å². The molecule has 0 spiro atoms. The molecule has 4 N–H and O–H groups in total. The number of nitrogen functional groups attached to an aromatic ring is 1. The summed E-state index contributed by atoms with van der Waals surface area (Å²) in [6, 6.07) is 5.67. The van der Waals surface area contributed by atoms with Gasteiger partial charge in [-0.2, -0.15) is 0 Å². The van der Waals surface area contributed by atoms with Gasteiger partial charge in [0.25, 0.3) is 0 Å². The van der Waals surface area contributed by atoms with E-state index in [0.717, 1.165) is 17.2 Å². The minimum atomic E-state index is -2.29. The van der Waals surface area contributed by atoms with E-state index in [1.54, 1.807) is 21.0 Å². The summed E-state index contributed by atoms with van der Waals surface area (Å²) in [5, 5.41) is 21.9. The molecule has 1 aromatic carbocycles. The van der Waals surface area contributed by atoms with Crippen LogP contribution in [0.5, 0.6) is 5.75 Å². The van der Waals surface area contributed by atoms with Crippen molar-refractivity contribution in [2.75, 3.05) is 19.5 Å². The zero-order valence-electron chi connectivity index (χ0n) is 26.2. The Morgan fingerprint density at radius 3 is 2.67 bits per heavy atom. The molecule has 3 saturated carbocycles. The van der Waals surface area contributed by atoms with Crippen molar-refractivity contribution in [3.8, 4) is 5.75 Å². The van der Waals surface area contributed by atoms with Gasteiger partial charge in [-0.15, -0.1) is 0 Å². The molecule has 1 saturated heterocycles. The number of hydrogen-bond acceptors (Lipinski definition) is 8. The lowest BCUT2D eigenvalue weighted by Crippen LogP contribution is -2.71. The molecule has 0 aromatic heterocycles. The standard InChI is InChI=1S/C36H41F2NO7/c1-33-11-10-22(41)14-25(33)26(37)15-24-23-16-31-36(30(43)18-40,34(23,2)17-29(42)35(24,33)38)46-32(45-31)21-7-4-19(5-8-21)12-20-6-9-27(39)28(13-20)44-3/h4-7,9-11,13-14,21,23-24,26,29,31-32,40,42H,8,12,15-18,39H2,1-3H3/t21?,23-,24-,26-,29-,31+,32-,33-,34-,35-,36+/m0/s1. The van der Waals surface area contributed by atoms with E-state index in [-0.39, 0.29) is 30.8 Å². The number of ketones is 2. The minimum absolute atomic E-state index is 0.0420. The maximum absolute atomic E-state index is 17.6. The summed E-state index contributed by atoms with van der Waals surface area (Å²) in [6.07, 6.45) is 6.15. The van der Waals surface area contributed by atoms with Crippen LogP contribution in [0.1, 0.15) is 45.1 Å². The maximum Gasteiger partial charge on any atom is 0.193 e. The molecule has 5 aliphatic carbocycles. The number of allylic oxidation sites excluding steroid dienone is 7. The van der Waals surface area contributed by atoms with Crippen LogP contribution in [0.2, 0.25) is 0 Å². The first kappa shape index (κ1) is 31.4. The van der Waals surface area contributed by atoms with Crippen LogP contribution in [-0.2, 0) is 25.5 Å². The van der Waals surface area contributed by atoms with E-state index in [2.05, 4.69) is 6.08 Å².